The van der Waals surface area contributed by atoms with Gasteiger partial charge in [0.05, 0.1) is 10.7 Å². The van der Waals surface area contributed by atoms with Crippen molar-refractivity contribution in [2.75, 3.05) is 19.0 Å². The van der Waals surface area contributed by atoms with Gasteiger partial charge in [0.2, 0.25) is 0 Å². The number of benzene rings is 1. The van der Waals surface area contributed by atoms with Crippen molar-refractivity contribution in [2.24, 2.45) is 0 Å². The van der Waals surface area contributed by atoms with Crippen LogP contribution in [0.15, 0.2) is 29.6 Å². The summed E-state index contributed by atoms with van der Waals surface area (Å²) in [4.78, 5) is 6.62. The fraction of sp³-hybridized carbons (Fsp3) is 0.400. The average Bonchev–Trinajstić information content (AvgIpc) is 2.83. The summed E-state index contributed by atoms with van der Waals surface area (Å²) in [5, 5.41) is 6.76. The highest BCUT2D eigenvalue weighted by molar-refractivity contribution is 7.09. The highest BCUT2D eigenvalue weighted by atomic mass is 32.1. The molecular weight excluding hydrogens is 254 g/mol. The van der Waals surface area contributed by atoms with E-state index in [1.807, 2.05) is 6.92 Å². The topological polar surface area (TPSA) is 28.2 Å². The third-order valence-corrected chi connectivity index (χ3v) is 3.94. The summed E-state index contributed by atoms with van der Waals surface area (Å²) in [5.74, 6) is 0. The lowest BCUT2D eigenvalue weighted by Crippen LogP contribution is -2.18. The molecule has 0 saturated heterocycles. The first-order valence-electron chi connectivity index (χ1n) is 6.48. The van der Waals surface area contributed by atoms with Gasteiger partial charge >= 0.3 is 0 Å². The Labute approximate surface area is 119 Å². The normalized spacial score (nSPS) is 12.4. The second kappa shape index (κ2) is 6.17. The van der Waals surface area contributed by atoms with Crippen molar-refractivity contribution in [2.45, 2.75) is 26.4 Å². The zero-order valence-corrected chi connectivity index (χ0v) is 12.8. The standard InChI is InChI=1S/C15H21N3S/c1-11(15-10-19-12(2)17-15)16-9-13-5-7-14(8-6-13)18(3)4/h5-8,10-11,16H,9H2,1-4H3. The number of hydrogen-bond donors (Lipinski definition) is 1. The minimum atomic E-state index is 0.290. The number of hydrogen-bond acceptors (Lipinski definition) is 4. The SMILES string of the molecule is Cc1nc(C(C)NCc2ccc(N(C)C)cc2)cs1. The highest BCUT2D eigenvalue weighted by Gasteiger charge is 2.08. The van der Waals surface area contributed by atoms with Gasteiger partial charge in [0.15, 0.2) is 0 Å². The van der Waals surface area contributed by atoms with E-state index in [0.717, 1.165) is 17.2 Å². The van der Waals surface area contributed by atoms with E-state index in [1.165, 1.54) is 11.3 Å². The van der Waals surface area contributed by atoms with Crippen LogP contribution in [0.5, 0.6) is 0 Å². The molecule has 1 unspecified atom stereocenters. The molecule has 0 spiro atoms. The predicted molar refractivity (Wildman–Crippen MR) is 82.9 cm³/mol. The van der Waals surface area contributed by atoms with Crippen molar-refractivity contribution in [1.29, 1.82) is 0 Å². The largest absolute Gasteiger partial charge is 0.378 e. The van der Waals surface area contributed by atoms with Gasteiger partial charge in [-0.2, -0.15) is 0 Å². The van der Waals surface area contributed by atoms with E-state index in [4.69, 9.17) is 0 Å². The van der Waals surface area contributed by atoms with Gasteiger partial charge in [-0.15, -0.1) is 11.3 Å². The molecule has 0 saturated carbocycles. The number of thiazole rings is 1. The zero-order valence-electron chi connectivity index (χ0n) is 12.0. The molecule has 1 aromatic carbocycles. The molecule has 1 N–H and O–H groups in total. The number of nitrogens with one attached hydrogen (secondary N) is 1. The van der Waals surface area contributed by atoms with E-state index in [1.54, 1.807) is 11.3 Å². The first-order valence-corrected chi connectivity index (χ1v) is 7.36. The lowest BCUT2D eigenvalue weighted by molar-refractivity contribution is 0.563. The third-order valence-electron chi connectivity index (χ3n) is 3.15. The minimum Gasteiger partial charge on any atom is -0.378 e. The maximum absolute atomic E-state index is 4.51. The van der Waals surface area contributed by atoms with Gasteiger partial charge in [-0.3, -0.25) is 0 Å². The van der Waals surface area contributed by atoms with Gasteiger partial charge in [-0.1, -0.05) is 12.1 Å². The van der Waals surface area contributed by atoms with E-state index in [9.17, 15) is 0 Å². The Morgan fingerprint density at radius 2 is 1.95 bits per heavy atom. The molecule has 0 bridgehead atoms. The predicted octanol–water partition coefficient (Wildman–Crippen LogP) is 3.37. The second-order valence-electron chi connectivity index (χ2n) is 4.95. The van der Waals surface area contributed by atoms with Crippen LogP contribution in [-0.2, 0) is 6.54 Å². The first kappa shape index (κ1) is 14.0. The molecule has 0 aliphatic heterocycles. The van der Waals surface area contributed by atoms with E-state index in [2.05, 4.69) is 65.9 Å². The van der Waals surface area contributed by atoms with Gasteiger partial charge < -0.3 is 10.2 Å². The molecule has 0 aliphatic carbocycles. The Morgan fingerprint density at radius 1 is 1.26 bits per heavy atom. The van der Waals surface area contributed by atoms with Crippen molar-refractivity contribution in [3.63, 3.8) is 0 Å². The summed E-state index contributed by atoms with van der Waals surface area (Å²) in [5.41, 5.74) is 3.66. The molecule has 0 radical (unpaired) electrons. The molecule has 4 heteroatoms. The number of nitrogens with zero attached hydrogens (tertiary/aromatic N) is 2. The van der Waals surface area contributed by atoms with Crippen LogP contribution >= 0.6 is 11.3 Å². The van der Waals surface area contributed by atoms with Crippen molar-refractivity contribution in [1.82, 2.24) is 10.3 Å². The van der Waals surface area contributed by atoms with Gasteiger partial charge in [0.25, 0.3) is 0 Å². The minimum absolute atomic E-state index is 0.290. The molecule has 1 atom stereocenters. The van der Waals surface area contributed by atoms with Crippen molar-refractivity contribution >= 4 is 17.0 Å². The van der Waals surface area contributed by atoms with Crippen molar-refractivity contribution in [3.05, 3.63) is 45.9 Å². The zero-order chi connectivity index (χ0) is 13.8. The molecular formula is C15H21N3S. The summed E-state index contributed by atoms with van der Waals surface area (Å²) >= 11 is 1.70. The van der Waals surface area contributed by atoms with Gasteiger partial charge in [0, 0.05) is 37.7 Å². The molecule has 1 aromatic heterocycles. The molecule has 1 heterocycles. The lowest BCUT2D eigenvalue weighted by Gasteiger charge is -2.14. The van der Waals surface area contributed by atoms with Crippen LogP contribution in [-0.4, -0.2) is 19.1 Å². The summed E-state index contributed by atoms with van der Waals surface area (Å²) in [7, 11) is 4.11. The van der Waals surface area contributed by atoms with E-state index < -0.39 is 0 Å². The Hall–Kier alpha value is -1.39. The monoisotopic (exact) mass is 275 g/mol. The fourth-order valence-corrected chi connectivity index (χ4v) is 2.57. The Bertz CT molecular complexity index is 516. The molecule has 102 valence electrons. The molecule has 19 heavy (non-hydrogen) atoms. The van der Waals surface area contributed by atoms with Crippen LogP contribution in [0.2, 0.25) is 0 Å². The van der Waals surface area contributed by atoms with Crippen LogP contribution in [0.4, 0.5) is 5.69 Å². The van der Waals surface area contributed by atoms with Crippen molar-refractivity contribution < 1.29 is 0 Å². The lowest BCUT2D eigenvalue weighted by atomic mass is 10.2. The first-order chi connectivity index (χ1) is 9.06. The van der Waals surface area contributed by atoms with Crippen LogP contribution in [0.3, 0.4) is 0 Å². The third kappa shape index (κ3) is 3.78. The van der Waals surface area contributed by atoms with Crippen LogP contribution in [0, 0.1) is 6.92 Å². The molecule has 2 aromatic rings. The maximum atomic E-state index is 4.51. The average molecular weight is 275 g/mol. The van der Waals surface area contributed by atoms with E-state index in [0.29, 0.717) is 6.04 Å². The van der Waals surface area contributed by atoms with Crippen molar-refractivity contribution in [3.8, 4) is 0 Å². The number of anilines is 1. The summed E-state index contributed by atoms with van der Waals surface area (Å²) in [6.45, 7) is 5.06. The molecule has 0 aliphatic rings. The Balaban J connectivity index is 1.91. The maximum Gasteiger partial charge on any atom is 0.0898 e. The van der Waals surface area contributed by atoms with Crippen LogP contribution in [0.1, 0.15) is 29.2 Å². The molecule has 2 rings (SSSR count). The summed E-state index contributed by atoms with van der Waals surface area (Å²) in [6.07, 6.45) is 0. The van der Waals surface area contributed by atoms with Gasteiger partial charge in [-0.05, 0) is 31.5 Å². The quantitative estimate of drug-likeness (QED) is 0.907. The highest BCUT2D eigenvalue weighted by Crippen LogP contribution is 2.17. The number of aryl methyl sites for hydroxylation is 1. The van der Waals surface area contributed by atoms with Crippen LogP contribution < -0.4 is 10.2 Å². The molecule has 3 nitrogen and oxygen atoms in total. The number of rotatable bonds is 5. The van der Waals surface area contributed by atoms with Crippen LogP contribution in [0.25, 0.3) is 0 Å². The molecule has 0 amide bonds. The summed E-state index contributed by atoms with van der Waals surface area (Å²) < 4.78 is 0. The van der Waals surface area contributed by atoms with E-state index in [-0.39, 0.29) is 0 Å². The summed E-state index contributed by atoms with van der Waals surface area (Å²) in [6, 6.07) is 8.92. The smallest absolute Gasteiger partial charge is 0.0898 e. The van der Waals surface area contributed by atoms with Gasteiger partial charge in [0.1, 0.15) is 0 Å². The fourth-order valence-electron chi connectivity index (χ4n) is 1.87. The second-order valence-corrected chi connectivity index (χ2v) is 6.02. The number of aromatic nitrogens is 1. The van der Waals surface area contributed by atoms with Gasteiger partial charge in [-0.25, -0.2) is 4.98 Å². The van der Waals surface area contributed by atoms with E-state index >= 15 is 0 Å². The Kier molecular flexibility index (Phi) is 4.56. The Morgan fingerprint density at radius 3 is 2.47 bits per heavy atom. The molecule has 0 fully saturated rings.